The summed E-state index contributed by atoms with van der Waals surface area (Å²) in [4.78, 5) is 0. The van der Waals surface area contributed by atoms with Crippen molar-refractivity contribution in [2.75, 3.05) is 0 Å². The predicted molar refractivity (Wildman–Crippen MR) is 70.7 cm³/mol. The predicted octanol–water partition coefficient (Wildman–Crippen LogP) is 3.27. The average molecular weight is 236 g/mol. The Morgan fingerprint density at radius 1 is 1.25 bits per heavy atom. The lowest BCUT2D eigenvalue weighted by Gasteiger charge is -2.18. The Morgan fingerprint density at radius 3 is 2.44 bits per heavy atom. The van der Waals surface area contributed by atoms with Gasteiger partial charge in [-0.25, -0.2) is 0 Å². The van der Waals surface area contributed by atoms with Crippen molar-refractivity contribution in [1.82, 2.24) is 5.32 Å². The fourth-order valence-electron chi connectivity index (χ4n) is 1.75. The Morgan fingerprint density at radius 2 is 1.88 bits per heavy atom. The summed E-state index contributed by atoms with van der Waals surface area (Å²) < 4.78 is 0. The van der Waals surface area contributed by atoms with Crippen LogP contribution in [0.4, 0.5) is 0 Å². The van der Waals surface area contributed by atoms with Crippen LogP contribution in [0.2, 0.25) is 5.02 Å². The van der Waals surface area contributed by atoms with Gasteiger partial charge in [-0.15, -0.1) is 12.3 Å². The minimum Gasteiger partial charge on any atom is -0.311 e. The number of rotatable bonds is 5. The van der Waals surface area contributed by atoms with Crippen LogP contribution in [0.1, 0.15) is 25.8 Å². The van der Waals surface area contributed by atoms with Crippen LogP contribution in [0.5, 0.6) is 0 Å². The molecular formula is C14H18ClN. The summed E-state index contributed by atoms with van der Waals surface area (Å²) >= 11 is 5.84. The molecule has 0 spiro atoms. The summed E-state index contributed by atoms with van der Waals surface area (Å²) in [5.41, 5.74) is 1.29. The second-order valence-electron chi connectivity index (χ2n) is 4.21. The van der Waals surface area contributed by atoms with Crippen LogP contribution in [-0.2, 0) is 6.42 Å². The Balaban J connectivity index is 2.42. The molecule has 2 atom stereocenters. The van der Waals surface area contributed by atoms with Crippen LogP contribution in [0, 0.1) is 12.3 Å². The molecule has 0 heterocycles. The van der Waals surface area contributed by atoms with Gasteiger partial charge in [-0.3, -0.25) is 0 Å². The van der Waals surface area contributed by atoms with E-state index in [-0.39, 0.29) is 0 Å². The van der Waals surface area contributed by atoms with Crippen molar-refractivity contribution in [3.63, 3.8) is 0 Å². The third-order valence-corrected chi connectivity index (χ3v) is 2.70. The molecule has 1 aromatic carbocycles. The third kappa shape index (κ3) is 4.70. The number of hydrogen-bond acceptors (Lipinski definition) is 1. The van der Waals surface area contributed by atoms with Crippen LogP contribution >= 0.6 is 11.6 Å². The summed E-state index contributed by atoms with van der Waals surface area (Å²) in [5.74, 6) is 2.66. The third-order valence-electron chi connectivity index (χ3n) is 2.45. The van der Waals surface area contributed by atoms with Crippen molar-refractivity contribution in [2.45, 2.75) is 38.8 Å². The van der Waals surface area contributed by atoms with Crippen LogP contribution < -0.4 is 5.32 Å². The number of hydrogen-bond donors (Lipinski definition) is 1. The second-order valence-corrected chi connectivity index (χ2v) is 4.64. The van der Waals surface area contributed by atoms with Crippen LogP contribution in [0.15, 0.2) is 24.3 Å². The Labute approximate surface area is 103 Å². The van der Waals surface area contributed by atoms with Gasteiger partial charge in [0.2, 0.25) is 0 Å². The molecule has 0 radical (unpaired) electrons. The van der Waals surface area contributed by atoms with Gasteiger partial charge in [-0.1, -0.05) is 23.7 Å². The molecule has 0 bridgehead atoms. The molecule has 0 amide bonds. The molecule has 0 aromatic heterocycles. The highest BCUT2D eigenvalue weighted by Gasteiger charge is 2.06. The maximum Gasteiger partial charge on any atom is 0.0406 e. The van der Waals surface area contributed by atoms with Gasteiger partial charge in [-0.2, -0.15) is 0 Å². The van der Waals surface area contributed by atoms with Gasteiger partial charge < -0.3 is 5.32 Å². The number of benzene rings is 1. The van der Waals surface area contributed by atoms with Crippen molar-refractivity contribution < 1.29 is 0 Å². The Kier molecular flexibility index (Phi) is 5.38. The van der Waals surface area contributed by atoms with E-state index < -0.39 is 0 Å². The summed E-state index contributed by atoms with van der Waals surface area (Å²) in [6, 6.07) is 8.76. The zero-order valence-corrected chi connectivity index (χ0v) is 10.6. The van der Waals surface area contributed by atoms with Crippen molar-refractivity contribution >= 4 is 11.6 Å². The summed E-state index contributed by atoms with van der Waals surface area (Å²) in [6.45, 7) is 4.28. The minimum atomic E-state index is 0.368. The molecule has 0 saturated heterocycles. The quantitative estimate of drug-likeness (QED) is 0.773. The van der Waals surface area contributed by atoms with Crippen LogP contribution in [0.25, 0.3) is 0 Å². The van der Waals surface area contributed by atoms with E-state index in [1.165, 1.54) is 5.56 Å². The van der Waals surface area contributed by atoms with E-state index in [1.54, 1.807) is 0 Å². The highest BCUT2D eigenvalue weighted by molar-refractivity contribution is 6.30. The molecule has 1 aromatic rings. The van der Waals surface area contributed by atoms with E-state index in [1.807, 2.05) is 12.1 Å². The van der Waals surface area contributed by atoms with E-state index in [2.05, 4.69) is 37.2 Å². The molecule has 0 fully saturated rings. The second kappa shape index (κ2) is 6.58. The fourth-order valence-corrected chi connectivity index (χ4v) is 1.88. The van der Waals surface area contributed by atoms with Crippen LogP contribution in [0.3, 0.4) is 0 Å². The first-order valence-electron chi connectivity index (χ1n) is 5.55. The van der Waals surface area contributed by atoms with E-state index >= 15 is 0 Å². The van der Waals surface area contributed by atoms with Gasteiger partial charge in [0.1, 0.15) is 0 Å². The first kappa shape index (κ1) is 13.1. The van der Waals surface area contributed by atoms with Gasteiger partial charge in [-0.05, 0) is 38.0 Å². The number of terminal acetylenes is 1. The number of halogens is 1. The molecule has 0 aliphatic heterocycles. The molecule has 1 nitrogen and oxygen atoms in total. The lowest BCUT2D eigenvalue weighted by Crippen LogP contribution is -2.35. The Hall–Kier alpha value is -0.970. The SMILES string of the molecule is C#CCC(C)NC(C)Cc1ccc(Cl)cc1. The standard InChI is InChI=1S/C14H18ClN/c1-4-5-11(2)16-12(3)10-13-6-8-14(15)9-7-13/h1,6-9,11-12,16H,5,10H2,2-3H3. The highest BCUT2D eigenvalue weighted by atomic mass is 35.5. The zero-order chi connectivity index (χ0) is 12.0. The van der Waals surface area contributed by atoms with Crippen molar-refractivity contribution in [2.24, 2.45) is 0 Å². The Bertz CT molecular complexity index is 350. The van der Waals surface area contributed by atoms with Crippen LogP contribution in [-0.4, -0.2) is 12.1 Å². The van der Waals surface area contributed by atoms with E-state index in [4.69, 9.17) is 18.0 Å². The first-order valence-corrected chi connectivity index (χ1v) is 5.93. The zero-order valence-electron chi connectivity index (χ0n) is 9.83. The first-order chi connectivity index (χ1) is 7.61. The molecule has 0 saturated carbocycles. The maximum absolute atomic E-state index is 5.84. The number of nitrogens with one attached hydrogen (secondary N) is 1. The van der Waals surface area contributed by atoms with E-state index in [9.17, 15) is 0 Å². The average Bonchev–Trinajstić information content (AvgIpc) is 2.21. The summed E-state index contributed by atoms with van der Waals surface area (Å²) in [6.07, 6.45) is 7.03. The van der Waals surface area contributed by atoms with Gasteiger partial charge in [0, 0.05) is 23.5 Å². The molecular weight excluding hydrogens is 218 g/mol. The molecule has 86 valence electrons. The van der Waals surface area contributed by atoms with Gasteiger partial charge in [0.05, 0.1) is 0 Å². The molecule has 2 unspecified atom stereocenters. The minimum absolute atomic E-state index is 0.368. The largest absolute Gasteiger partial charge is 0.311 e. The normalized spacial score (nSPS) is 14.1. The highest BCUT2D eigenvalue weighted by Crippen LogP contribution is 2.11. The molecule has 1 N–H and O–H groups in total. The summed E-state index contributed by atoms with van der Waals surface area (Å²) in [7, 11) is 0. The molecule has 2 heteroatoms. The lowest BCUT2D eigenvalue weighted by atomic mass is 10.1. The van der Waals surface area contributed by atoms with Crippen molar-refractivity contribution in [1.29, 1.82) is 0 Å². The molecule has 0 aliphatic rings. The van der Waals surface area contributed by atoms with Gasteiger partial charge >= 0.3 is 0 Å². The fraction of sp³-hybridized carbons (Fsp3) is 0.429. The van der Waals surface area contributed by atoms with Crippen molar-refractivity contribution in [3.05, 3.63) is 34.9 Å². The topological polar surface area (TPSA) is 12.0 Å². The van der Waals surface area contributed by atoms with E-state index in [0.717, 1.165) is 17.9 Å². The molecule has 0 aliphatic carbocycles. The van der Waals surface area contributed by atoms with Crippen molar-refractivity contribution in [3.8, 4) is 12.3 Å². The van der Waals surface area contributed by atoms with Gasteiger partial charge in [0.15, 0.2) is 0 Å². The molecule has 16 heavy (non-hydrogen) atoms. The lowest BCUT2D eigenvalue weighted by molar-refractivity contribution is 0.470. The summed E-state index contributed by atoms with van der Waals surface area (Å²) in [5, 5.41) is 4.25. The molecule has 1 rings (SSSR count). The van der Waals surface area contributed by atoms with Gasteiger partial charge in [0.25, 0.3) is 0 Å². The maximum atomic E-state index is 5.84. The van der Waals surface area contributed by atoms with E-state index in [0.29, 0.717) is 12.1 Å². The smallest absolute Gasteiger partial charge is 0.0406 e. The monoisotopic (exact) mass is 235 g/mol.